The van der Waals surface area contributed by atoms with Crippen LogP contribution in [0.25, 0.3) is 6.08 Å². The van der Waals surface area contributed by atoms with Crippen molar-refractivity contribution in [2.75, 3.05) is 23.3 Å². The molecule has 2 aromatic carbocycles. The maximum absolute atomic E-state index is 12.3. The fraction of sp³-hybridized carbons (Fsp3) is 0.250. The zero-order valence-corrected chi connectivity index (χ0v) is 14.5. The highest BCUT2D eigenvalue weighted by molar-refractivity contribution is 8.04. The van der Waals surface area contributed by atoms with Crippen LogP contribution < -0.4 is 10.2 Å². The van der Waals surface area contributed by atoms with E-state index in [-0.39, 0.29) is 5.91 Å². The Hall–Kier alpha value is -2.20. The molecule has 0 unspecified atom stereocenters. The van der Waals surface area contributed by atoms with Gasteiger partial charge >= 0.3 is 0 Å². The van der Waals surface area contributed by atoms with Gasteiger partial charge in [0.2, 0.25) is 0 Å². The normalized spacial score (nSPS) is 18.6. The molecule has 2 aliphatic heterocycles. The topological polar surface area (TPSA) is 32.3 Å². The zero-order chi connectivity index (χ0) is 16.5. The Labute approximate surface area is 146 Å². The summed E-state index contributed by atoms with van der Waals surface area (Å²) in [7, 11) is 0. The van der Waals surface area contributed by atoms with Gasteiger partial charge in [-0.2, -0.15) is 0 Å². The minimum Gasteiger partial charge on any atom is -0.371 e. The number of benzene rings is 2. The van der Waals surface area contributed by atoms with Crippen molar-refractivity contribution in [2.24, 2.45) is 0 Å². The molecular formula is C20H20N2OS. The molecule has 1 saturated heterocycles. The average Bonchev–Trinajstić information content (AvgIpc) is 3.10. The molecule has 2 aromatic rings. The first-order chi connectivity index (χ1) is 11.7. The SMILES string of the molecule is Cc1cc(/C=C2/Sc3ccccc3NC2=O)ccc1N1CCCC1. The van der Waals surface area contributed by atoms with E-state index in [1.165, 1.54) is 35.9 Å². The molecule has 4 rings (SSSR count). The monoisotopic (exact) mass is 336 g/mol. The fourth-order valence-electron chi connectivity index (χ4n) is 3.34. The van der Waals surface area contributed by atoms with Gasteiger partial charge in [0.05, 0.1) is 10.6 Å². The summed E-state index contributed by atoms with van der Waals surface area (Å²) in [5.74, 6) is -0.0278. The lowest BCUT2D eigenvalue weighted by Crippen LogP contribution is -2.18. The van der Waals surface area contributed by atoms with E-state index < -0.39 is 0 Å². The number of rotatable bonds is 2. The number of nitrogens with one attached hydrogen (secondary N) is 1. The van der Waals surface area contributed by atoms with Crippen LogP contribution in [0, 0.1) is 6.92 Å². The first kappa shape index (κ1) is 15.3. The number of aryl methyl sites for hydroxylation is 1. The van der Waals surface area contributed by atoms with Crippen molar-refractivity contribution in [1.82, 2.24) is 0 Å². The highest BCUT2D eigenvalue weighted by atomic mass is 32.2. The number of nitrogens with zero attached hydrogens (tertiary/aromatic N) is 1. The quantitative estimate of drug-likeness (QED) is 0.808. The van der Waals surface area contributed by atoms with Crippen LogP contribution in [0.2, 0.25) is 0 Å². The Kier molecular flexibility index (Phi) is 4.07. The smallest absolute Gasteiger partial charge is 0.262 e. The molecule has 1 fully saturated rings. The van der Waals surface area contributed by atoms with E-state index in [0.29, 0.717) is 0 Å². The van der Waals surface area contributed by atoms with Gasteiger partial charge in [0.25, 0.3) is 5.91 Å². The molecular weight excluding hydrogens is 316 g/mol. The summed E-state index contributed by atoms with van der Waals surface area (Å²) in [5.41, 5.74) is 4.56. The number of fused-ring (bicyclic) bond motifs is 1. The Balaban J connectivity index is 1.61. The molecule has 0 bridgehead atoms. The number of anilines is 2. The molecule has 0 saturated carbocycles. The van der Waals surface area contributed by atoms with Gasteiger partial charge in [-0.3, -0.25) is 4.79 Å². The summed E-state index contributed by atoms with van der Waals surface area (Å²) in [4.78, 5) is 16.6. The lowest BCUT2D eigenvalue weighted by atomic mass is 10.1. The summed E-state index contributed by atoms with van der Waals surface area (Å²) < 4.78 is 0. The number of amides is 1. The van der Waals surface area contributed by atoms with E-state index in [2.05, 4.69) is 35.3 Å². The van der Waals surface area contributed by atoms with Crippen LogP contribution in [-0.2, 0) is 4.79 Å². The molecule has 24 heavy (non-hydrogen) atoms. The van der Waals surface area contributed by atoms with Crippen LogP contribution in [0.4, 0.5) is 11.4 Å². The maximum Gasteiger partial charge on any atom is 0.262 e. The minimum absolute atomic E-state index is 0.0278. The van der Waals surface area contributed by atoms with E-state index in [1.54, 1.807) is 0 Å². The number of para-hydroxylation sites is 1. The van der Waals surface area contributed by atoms with E-state index in [1.807, 2.05) is 30.3 Å². The van der Waals surface area contributed by atoms with Crippen molar-refractivity contribution in [3.63, 3.8) is 0 Å². The molecule has 3 nitrogen and oxygen atoms in total. The summed E-state index contributed by atoms with van der Waals surface area (Å²) in [6, 6.07) is 14.4. The van der Waals surface area contributed by atoms with Crippen LogP contribution in [0.5, 0.6) is 0 Å². The molecule has 0 aromatic heterocycles. The van der Waals surface area contributed by atoms with E-state index in [9.17, 15) is 4.79 Å². The summed E-state index contributed by atoms with van der Waals surface area (Å²) in [6.07, 6.45) is 4.54. The Morgan fingerprint density at radius 2 is 1.92 bits per heavy atom. The molecule has 122 valence electrons. The second kappa shape index (κ2) is 6.36. The van der Waals surface area contributed by atoms with Gasteiger partial charge in [-0.15, -0.1) is 0 Å². The Morgan fingerprint density at radius 3 is 2.71 bits per heavy atom. The summed E-state index contributed by atoms with van der Waals surface area (Å²) in [5, 5.41) is 2.96. The molecule has 4 heteroatoms. The van der Waals surface area contributed by atoms with Gasteiger partial charge in [-0.05, 0) is 61.2 Å². The molecule has 0 atom stereocenters. The van der Waals surface area contributed by atoms with E-state index in [4.69, 9.17) is 0 Å². The van der Waals surface area contributed by atoms with Crippen molar-refractivity contribution < 1.29 is 4.79 Å². The molecule has 1 N–H and O–H groups in total. The number of hydrogen-bond donors (Lipinski definition) is 1. The zero-order valence-electron chi connectivity index (χ0n) is 13.7. The van der Waals surface area contributed by atoms with Crippen LogP contribution in [-0.4, -0.2) is 19.0 Å². The lowest BCUT2D eigenvalue weighted by molar-refractivity contribution is -0.112. The molecule has 0 spiro atoms. The van der Waals surface area contributed by atoms with Gasteiger partial charge in [-0.1, -0.05) is 30.0 Å². The first-order valence-electron chi connectivity index (χ1n) is 8.36. The van der Waals surface area contributed by atoms with Crippen LogP contribution in [0.1, 0.15) is 24.0 Å². The van der Waals surface area contributed by atoms with Gasteiger partial charge < -0.3 is 10.2 Å². The highest BCUT2D eigenvalue weighted by Crippen LogP contribution is 2.38. The predicted octanol–water partition coefficient (Wildman–Crippen LogP) is 4.68. The second-order valence-electron chi connectivity index (χ2n) is 6.30. The van der Waals surface area contributed by atoms with Crippen LogP contribution >= 0.6 is 11.8 Å². The fourth-order valence-corrected chi connectivity index (χ4v) is 4.29. The molecule has 2 heterocycles. The Morgan fingerprint density at radius 1 is 1.12 bits per heavy atom. The maximum atomic E-state index is 12.3. The second-order valence-corrected chi connectivity index (χ2v) is 7.38. The standard InChI is InChI=1S/C20H20N2OS/c1-14-12-15(8-9-17(14)22-10-4-5-11-22)13-19-20(23)21-16-6-2-3-7-18(16)24-19/h2-3,6-9,12-13H,4-5,10-11H2,1H3,(H,21,23)/b19-13+. The van der Waals surface area contributed by atoms with Crippen molar-refractivity contribution in [1.29, 1.82) is 0 Å². The van der Waals surface area contributed by atoms with Gasteiger partial charge in [0.15, 0.2) is 0 Å². The summed E-state index contributed by atoms with van der Waals surface area (Å²) >= 11 is 1.53. The third kappa shape index (κ3) is 2.94. The predicted molar refractivity (Wildman–Crippen MR) is 102 cm³/mol. The van der Waals surface area contributed by atoms with Crippen molar-refractivity contribution in [3.8, 4) is 0 Å². The number of hydrogen-bond acceptors (Lipinski definition) is 3. The van der Waals surface area contributed by atoms with Crippen molar-refractivity contribution >= 4 is 35.1 Å². The van der Waals surface area contributed by atoms with Crippen molar-refractivity contribution in [2.45, 2.75) is 24.7 Å². The number of carbonyl (C=O) groups excluding carboxylic acids is 1. The average molecular weight is 336 g/mol. The van der Waals surface area contributed by atoms with Gasteiger partial charge in [0, 0.05) is 23.7 Å². The summed E-state index contributed by atoms with van der Waals surface area (Å²) in [6.45, 7) is 4.45. The minimum atomic E-state index is -0.0278. The third-order valence-electron chi connectivity index (χ3n) is 4.54. The number of thioether (sulfide) groups is 1. The Bertz CT molecular complexity index is 822. The number of carbonyl (C=O) groups is 1. The van der Waals surface area contributed by atoms with Crippen LogP contribution in [0.3, 0.4) is 0 Å². The lowest BCUT2D eigenvalue weighted by Gasteiger charge is -2.21. The molecule has 0 radical (unpaired) electrons. The van der Waals surface area contributed by atoms with Gasteiger partial charge in [-0.25, -0.2) is 0 Å². The molecule has 2 aliphatic rings. The highest BCUT2D eigenvalue weighted by Gasteiger charge is 2.20. The van der Waals surface area contributed by atoms with E-state index in [0.717, 1.165) is 34.1 Å². The van der Waals surface area contributed by atoms with E-state index >= 15 is 0 Å². The van der Waals surface area contributed by atoms with Gasteiger partial charge in [0.1, 0.15) is 0 Å². The van der Waals surface area contributed by atoms with Crippen LogP contribution in [0.15, 0.2) is 52.3 Å². The first-order valence-corrected chi connectivity index (χ1v) is 9.18. The third-order valence-corrected chi connectivity index (χ3v) is 5.64. The molecule has 1 amide bonds. The molecule has 0 aliphatic carbocycles. The van der Waals surface area contributed by atoms with Crippen molar-refractivity contribution in [3.05, 3.63) is 58.5 Å². The largest absolute Gasteiger partial charge is 0.371 e.